The van der Waals surface area contributed by atoms with Crippen LogP contribution in [0.2, 0.25) is 18.1 Å². The Balaban J connectivity index is 2.31. The first-order valence-corrected chi connectivity index (χ1v) is 16.4. The van der Waals surface area contributed by atoms with E-state index in [9.17, 15) is 5.11 Å². The first-order valence-electron chi connectivity index (χ1n) is 12.7. The number of likely N-dealkylation sites (tertiary alicyclic amines) is 1. The summed E-state index contributed by atoms with van der Waals surface area (Å²) in [5, 5.41) is 11.5. The first-order chi connectivity index (χ1) is 15.5. The van der Waals surface area contributed by atoms with Gasteiger partial charge in [-0.3, -0.25) is 4.90 Å². The van der Waals surface area contributed by atoms with Crippen molar-refractivity contribution in [2.75, 3.05) is 6.54 Å². The van der Waals surface area contributed by atoms with Crippen molar-refractivity contribution in [1.82, 2.24) is 4.90 Å². The molecular weight excluding hydrogens is 454 g/mol. The molecule has 1 aliphatic heterocycles. The zero-order chi connectivity index (χ0) is 25.9. The van der Waals surface area contributed by atoms with Gasteiger partial charge in [0.05, 0.1) is 6.10 Å². The van der Waals surface area contributed by atoms with Gasteiger partial charge >= 0.3 is 0 Å². The molecule has 0 saturated carbocycles. The summed E-state index contributed by atoms with van der Waals surface area (Å²) < 4.78 is 12.6. The lowest BCUT2D eigenvalue weighted by molar-refractivity contribution is 0.0211. The minimum Gasteiger partial charge on any atom is -0.414 e. The quantitative estimate of drug-likeness (QED) is 0.431. The first kappa shape index (κ1) is 29.3. The third kappa shape index (κ3) is 7.28. The highest BCUT2D eigenvalue weighted by Gasteiger charge is 2.48. The number of aliphatic hydroxyl groups is 1. The Morgan fingerprint density at radius 2 is 1.65 bits per heavy atom. The Kier molecular flexibility index (Phi) is 9.46. The standard InChI is InChI=1S/C28H49NO3Si2/c1-26(2,3)25(31-33)17-16-24(30)28(7,8)23-18-22(32-34(9,10)27(4,5)6)20-29(23)19-21-14-12-11-13-15-21/h11-15,22-25,30H,18-20H2,1-10,33H3/t22-,23+,24?,25?/m1/s1. The summed E-state index contributed by atoms with van der Waals surface area (Å²) in [6.07, 6.45) is 0.166. The molecule has 2 unspecified atom stereocenters. The van der Waals surface area contributed by atoms with E-state index >= 15 is 0 Å². The Morgan fingerprint density at radius 1 is 1.06 bits per heavy atom. The third-order valence-electron chi connectivity index (χ3n) is 7.80. The van der Waals surface area contributed by atoms with E-state index in [2.05, 4.69) is 116 Å². The Hall–Kier alpha value is -0.946. The second kappa shape index (κ2) is 11.0. The zero-order valence-corrected chi connectivity index (χ0v) is 26.5. The van der Waals surface area contributed by atoms with Crippen LogP contribution in [0.4, 0.5) is 0 Å². The molecular formula is C28H49NO3Si2. The molecule has 1 aromatic rings. The molecule has 2 rings (SSSR count). The lowest BCUT2D eigenvalue weighted by Gasteiger charge is -2.39. The number of nitrogens with zero attached hydrogens (tertiary/aromatic N) is 1. The molecule has 1 fully saturated rings. The fraction of sp³-hybridized carbons (Fsp3) is 0.714. The molecule has 1 aliphatic rings. The largest absolute Gasteiger partial charge is 0.414 e. The van der Waals surface area contributed by atoms with E-state index in [1.165, 1.54) is 5.56 Å². The molecule has 34 heavy (non-hydrogen) atoms. The van der Waals surface area contributed by atoms with Crippen LogP contribution in [0.1, 0.15) is 67.4 Å². The topological polar surface area (TPSA) is 41.9 Å². The summed E-state index contributed by atoms with van der Waals surface area (Å²) in [5.74, 6) is 6.42. The predicted molar refractivity (Wildman–Crippen MR) is 149 cm³/mol. The predicted octanol–water partition coefficient (Wildman–Crippen LogP) is 4.75. The van der Waals surface area contributed by atoms with Crippen LogP contribution in [0.15, 0.2) is 30.3 Å². The van der Waals surface area contributed by atoms with Gasteiger partial charge in [0, 0.05) is 24.5 Å². The normalized spacial score (nSPS) is 22.3. The SMILES string of the molecule is CC(C)(C)C(C#CC(O)C(C)(C)[C@@H]1C[C@@H](O[Si](C)(C)C(C)(C)C)CN1Cc1ccccc1)O[SiH3]. The Labute approximate surface area is 213 Å². The number of rotatable bonds is 7. The fourth-order valence-corrected chi connectivity index (χ4v) is 6.64. The maximum absolute atomic E-state index is 11.3. The number of benzene rings is 1. The molecule has 1 N–H and O–H groups in total. The van der Waals surface area contributed by atoms with Crippen molar-refractivity contribution in [2.45, 2.75) is 111 Å². The minimum atomic E-state index is -1.89. The highest BCUT2D eigenvalue weighted by Crippen LogP contribution is 2.42. The van der Waals surface area contributed by atoms with Crippen LogP contribution < -0.4 is 0 Å². The van der Waals surface area contributed by atoms with Crippen LogP contribution in [-0.2, 0) is 15.4 Å². The van der Waals surface area contributed by atoms with Crippen molar-refractivity contribution in [1.29, 1.82) is 0 Å². The van der Waals surface area contributed by atoms with E-state index in [1.54, 1.807) is 0 Å². The van der Waals surface area contributed by atoms with Gasteiger partial charge in [-0.1, -0.05) is 97.6 Å². The van der Waals surface area contributed by atoms with E-state index in [1.807, 2.05) is 0 Å². The van der Waals surface area contributed by atoms with Crippen molar-refractivity contribution in [3.63, 3.8) is 0 Å². The van der Waals surface area contributed by atoms with E-state index in [-0.39, 0.29) is 28.7 Å². The molecule has 192 valence electrons. The van der Waals surface area contributed by atoms with Crippen LogP contribution in [0.3, 0.4) is 0 Å². The minimum absolute atomic E-state index is 0.0760. The second-order valence-electron chi connectivity index (χ2n) is 13.2. The van der Waals surface area contributed by atoms with Crippen LogP contribution in [0.25, 0.3) is 0 Å². The summed E-state index contributed by atoms with van der Waals surface area (Å²) in [6.45, 7) is 23.9. The average Bonchev–Trinajstić information content (AvgIpc) is 3.09. The summed E-state index contributed by atoms with van der Waals surface area (Å²) >= 11 is 0. The van der Waals surface area contributed by atoms with Crippen molar-refractivity contribution in [2.24, 2.45) is 10.8 Å². The number of hydrogen-bond donors (Lipinski definition) is 1. The molecule has 0 radical (unpaired) electrons. The molecule has 1 saturated heterocycles. The summed E-state index contributed by atoms with van der Waals surface area (Å²) in [5.41, 5.74) is 0.794. The van der Waals surface area contributed by atoms with Gasteiger partial charge in [0.2, 0.25) is 0 Å². The van der Waals surface area contributed by atoms with Crippen molar-refractivity contribution in [3.05, 3.63) is 35.9 Å². The van der Waals surface area contributed by atoms with Crippen LogP contribution in [-0.4, -0.2) is 59.7 Å². The van der Waals surface area contributed by atoms with E-state index in [0.717, 1.165) is 19.5 Å². The Morgan fingerprint density at radius 3 is 2.15 bits per heavy atom. The van der Waals surface area contributed by atoms with E-state index < -0.39 is 19.8 Å². The van der Waals surface area contributed by atoms with Gasteiger partial charge in [0.1, 0.15) is 22.7 Å². The van der Waals surface area contributed by atoms with Gasteiger partial charge in [-0.25, -0.2) is 0 Å². The van der Waals surface area contributed by atoms with Crippen molar-refractivity contribution in [3.8, 4) is 11.8 Å². The smallest absolute Gasteiger partial charge is 0.192 e. The molecule has 1 aromatic carbocycles. The molecule has 0 bridgehead atoms. The Bertz CT molecular complexity index is 846. The molecule has 1 heterocycles. The lowest BCUT2D eigenvalue weighted by Crippen LogP contribution is -2.47. The van der Waals surface area contributed by atoms with Crippen molar-refractivity contribution >= 4 is 18.8 Å². The summed E-state index contributed by atoms with van der Waals surface area (Å²) in [7, 11) is -1.27. The van der Waals surface area contributed by atoms with Gasteiger partial charge in [-0.05, 0) is 35.5 Å². The molecule has 0 aliphatic carbocycles. The van der Waals surface area contributed by atoms with Crippen LogP contribution >= 0.6 is 0 Å². The summed E-state index contributed by atoms with van der Waals surface area (Å²) in [6, 6.07) is 10.8. The van der Waals surface area contributed by atoms with Crippen LogP contribution in [0.5, 0.6) is 0 Å². The monoisotopic (exact) mass is 503 g/mol. The van der Waals surface area contributed by atoms with Crippen molar-refractivity contribution < 1.29 is 14.0 Å². The maximum Gasteiger partial charge on any atom is 0.192 e. The zero-order valence-electron chi connectivity index (χ0n) is 23.5. The molecule has 0 aromatic heterocycles. The molecule has 6 heteroatoms. The number of hydrogen-bond acceptors (Lipinski definition) is 4. The molecule has 0 amide bonds. The van der Waals surface area contributed by atoms with Gasteiger partial charge in [0.15, 0.2) is 8.32 Å². The third-order valence-corrected chi connectivity index (χ3v) is 12.8. The van der Waals surface area contributed by atoms with Gasteiger partial charge in [0.25, 0.3) is 0 Å². The lowest BCUT2D eigenvalue weighted by atomic mass is 9.77. The fourth-order valence-electron chi connectivity index (χ4n) is 4.46. The van der Waals surface area contributed by atoms with E-state index in [0.29, 0.717) is 10.5 Å². The molecule has 4 atom stereocenters. The summed E-state index contributed by atoms with van der Waals surface area (Å²) in [4.78, 5) is 2.50. The van der Waals surface area contributed by atoms with Gasteiger partial charge in [-0.15, -0.1) is 0 Å². The molecule has 0 spiro atoms. The second-order valence-corrected chi connectivity index (χ2v) is 18.4. The van der Waals surface area contributed by atoms with Crippen LogP contribution in [0, 0.1) is 22.7 Å². The van der Waals surface area contributed by atoms with Gasteiger partial charge in [-0.2, -0.15) is 0 Å². The highest BCUT2D eigenvalue weighted by molar-refractivity contribution is 6.74. The number of aliphatic hydroxyl groups excluding tert-OH is 1. The average molecular weight is 504 g/mol. The van der Waals surface area contributed by atoms with Gasteiger partial charge < -0.3 is 14.0 Å². The highest BCUT2D eigenvalue weighted by atomic mass is 28.4. The maximum atomic E-state index is 11.3. The molecule has 4 nitrogen and oxygen atoms in total. The van der Waals surface area contributed by atoms with E-state index in [4.69, 9.17) is 8.85 Å².